The van der Waals surface area contributed by atoms with Gasteiger partial charge in [-0.05, 0) is 26.0 Å². The predicted molar refractivity (Wildman–Crippen MR) is 85.0 cm³/mol. The van der Waals surface area contributed by atoms with E-state index in [4.69, 9.17) is 0 Å². The normalized spacial score (nSPS) is 16.4. The van der Waals surface area contributed by atoms with Crippen LogP contribution in [0.2, 0.25) is 0 Å². The number of hydrogen-bond donors (Lipinski definition) is 1. The molecule has 25 heavy (non-hydrogen) atoms. The molecule has 7 nitrogen and oxygen atoms in total. The number of piperazine rings is 1. The van der Waals surface area contributed by atoms with Crippen molar-refractivity contribution in [1.29, 1.82) is 0 Å². The van der Waals surface area contributed by atoms with E-state index < -0.39 is 39.0 Å². The number of carbonyl (C=O) groups is 2. The Bertz CT molecular complexity index is 763. The Hall–Kier alpha value is -2.07. The van der Waals surface area contributed by atoms with E-state index in [1.807, 2.05) is 0 Å². The third kappa shape index (κ3) is 4.73. The summed E-state index contributed by atoms with van der Waals surface area (Å²) in [7, 11) is -4.21. The van der Waals surface area contributed by atoms with Crippen LogP contribution >= 0.6 is 0 Å². The summed E-state index contributed by atoms with van der Waals surface area (Å²) >= 11 is 0. The van der Waals surface area contributed by atoms with E-state index >= 15 is 0 Å². The lowest BCUT2D eigenvalue weighted by atomic mass is 10.3. The van der Waals surface area contributed by atoms with Crippen molar-refractivity contribution in [1.82, 2.24) is 14.5 Å². The molecule has 0 aliphatic carbocycles. The summed E-state index contributed by atoms with van der Waals surface area (Å²) < 4.78 is 52.3. The molecule has 1 heterocycles. The minimum atomic E-state index is -4.21. The maximum Gasteiger partial charge on any atom is 0.243 e. The van der Waals surface area contributed by atoms with Gasteiger partial charge in [-0.3, -0.25) is 9.59 Å². The van der Waals surface area contributed by atoms with Crippen molar-refractivity contribution in [2.24, 2.45) is 0 Å². The van der Waals surface area contributed by atoms with Gasteiger partial charge in [0.25, 0.3) is 0 Å². The van der Waals surface area contributed by atoms with Crippen LogP contribution in [-0.4, -0.2) is 61.7 Å². The van der Waals surface area contributed by atoms with Crippen LogP contribution in [-0.2, 0) is 19.6 Å². The summed E-state index contributed by atoms with van der Waals surface area (Å²) in [6.45, 7) is 2.85. The Balaban J connectivity index is 2.09. The molecule has 138 valence electrons. The fraction of sp³-hybridized carbons (Fsp3) is 0.467. The number of hydrogen-bond acceptors (Lipinski definition) is 4. The summed E-state index contributed by atoms with van der Waals surface area (Å²) in [5, 5.41) is 2.64. The highest BCUT2D eigenvalue weighted by Crippen LogP contribution is 2.20. The van der Waals surface area contributed by atoms with E-state index in [0.29, 0.717) is 18.2 Å². The van der Waals surface area contributed by atoms with Crippen LogP contribution < -0.4 is 5.32 Å². The molecule has 2 rings (SSSR count). The molecular formula is C15H19F2N3O4S. The van der Waals surface area contributed by atoms with Gasteiger partial charge in [-0.15, -0.1) is 0 Å². The molecule has 1 aromatic rings. The highest BCUT2D eigenvalue weighted by molar-refractivity contribution is 7.89. The number of rotatable bonds is 5. The molecule has 1 fully saturated rings. The van der Waals surface area contributed by atoms with Crippen molar-refractivity contribution in [2.75, 3.05) is 26.2 Å². The summed E-state index contributed by atoms with van der Waals surface area (Å²) in [5.74, 6) is -2.93. The van der Waals surface area contributed by atoms with Gasteiger partial charge >= 0.3 is 0 Å². The van der Waals surface area contributed by atoms with Gasteiger partial charge in [-0.2, -0.15) is 4.31 Å². The minimum absolute atomic E-state index is 0.0153. The first-order chi connectivity index (χ1) is 11.6. The number of amides is 2. The number of halogens is 2. The maximum absolute atomic E-state index is 13.3. The maximum atomic E-state index is 13.3. The summed E-state index contributed by atoms with van der Waals surface area (Å²) in [5.41, 5.74) is 0. The fourth-order valence-corrected chi connectivity index (χ4v) is 3.85. The monoisotopic (exact) mass is 375 g/mol. The second-order valence-corrected chi connectivity index (χ2v) is 7.92. The molecule has 0 saturated carbocycles. The number of sulfonamides is 1. The van der Waals surface area contributed by atoms with E-state index in [9.17, 15) is 26.8 Å². The second-order valence-electron chi connectivity index (χ2n) is 5.98. The minimum Gasteiger partial charge on any atom is -0.352 e. The topological polar surface area (TPSA) is 86.8 Å². The van der Waals surface area contributed by atoms with Crippen molar-refractivity contribution >= 4 is 21.8 Å². The van der Waals surface area contributed by atoms with Crippen LogP contribution in [0.1, 0.15) is 13.8 Å². The highest BCUT2D eigenvalue weighted by atomic mass is 32.2. The van der Waals surface area contributed by atoms with Crippen molar-refractivity contribution in [3.05, 3.63) is 29.8 Å². The SMILES string of the molecule is CC(C)NC(=O)CN1CCN(S(=O)(=O)c2cc(F)cc(F)c2)CC1=O. The largest absolute Gasteiger partial charge is 0.352 e. The standard InChI is InChI=1S/C15H19F2N3O4S/c1-10(2)18-14(21)8-19-3-4-20(9-15(19)22)25(23,24)13-6-11(16)5-12(17)7-13/h5-7,10H,3-4,8-9H2,1-2H3,(H,18,21). The predicted octanol–water partition coefficient (Wildman–Crippen LogP) is 0.322. The molecule has 0 unspecified atom stereocenters. The van der Waals surface area contributed by atoms with Gasteiger partial charge < -0.3 is 10.2 Å². The van der Waals surface area contributed by atoms with Crippen LogP contribution in [0, 0.1) is 11.6 Å². The molecule has 2 amide bonds. The molecule has 0 atom stereocenters. The lowest BCUT2D eigenvalue weighted by Crippen LogP contribution is -2.54. The summed E-state index contributed by atoms with van der Waals surface area (Å²) in [6, 6.07) is 1.89. The zero-order valence-corrected chi connectivity index (χ0v) is 14.6. The van der Waals surface area contributed by atoms with Gasteiger partial charge in [-0.1, -0.05) is 0 Å². The Kier molecular flexibility index (Phi) is 5.73. The van der Waals surface area contributed by atoms with E-state index in [1.165, 1.54) is 4.90 Å². The van der Waals surface area contributed by atoms with Crippen molar-refractivity contribution in [3.63, 3.8) is 0 Å². The summed E-state index contributed by atoms with van der Waals surface area (Å²) in [6.07, 6.45) is 0. The van der Waals surface area contributed by atoms with Crippen LogP contribution in [0.4, 0.5) is 8.78 Å². The summed E-state index contributed by atoms with van der Waals surface area (Å²) in [4.78, 5) is 24.5. The molecule has 0 spiro atoms. The smallest absolute Gasteiger partial charge is 0.243 e. The van der Waals surface area contributed by atoms with E-state index in [-0.39, 0.29) is 31.6 Å². The van der Waals surface area contributed by atoms with Crippen LogP contribution in [0.25, 0.3) is 0 Å². The molecule has 0 radical (unpaired) electrons. The molecule has 1 aliphatic heterocycles. The van der Waals surface area contributed by atoms with E-state index in [2.05, 4.69) is 5.32 Å². The number of benzene rings is 1. The van der Waals surface area contributed by atoms with Gasteiger partial charge in [0.1, 0.15) is 11.6 Å². The Morgan fingerprint density at radius 3 is 2.32 bits per heavy atom. The Morgan fingerprint density at radius 1 is 1.20 bits per heavy atom. The molecule has 1 saturated heterocycles. The molecular weight excluding hydrogens is 356 g/mol. The van der Waals surface area contributed by atoms with E-state index in [0.717, 1.165) is 4.31 Å². The van der Waals surface area contributed by atoms with Crippen molar-refractivity contribution in [2.45, 2.75) is 24.8 Å². The number of nitrogens with one attached hydrogen (secondary N) is 1. The van der Waals surface area contributed by atoms with Gasteiger partial charge in [0.2, 0.25) is 21.8 Å². The van der Waals surface area contributed by atoms with Crippen LogP contribution in [0.3, 0.4) is 0 Å². The van der Waals surface area contributed by atoms with E-state index in [1.54, 1.807) is 13.8 Å². The lowest BCUT2D eigenvalue weighted by molar-refractivity contribution is -0.138. The quantitative estimate of drug-likeness (QED) is 0.803. The average molecular weight is 375 g/mol. The zero-order valence-electron chi connectivity index (χ0n) is 13.8. The molecule has 10 heteroatoms. The molecule has 0 aromatic heterocycles. The molecule has 1 aromatic carbocycles. The second kappa shape index (κ2) is 7.44. The van der Waals surface area contributed by atoms with Crippen molar-refractivity contribution in [3.8, 4) is 0 Å². The Labute approximate surface area is 144 Å². The van der Waals surface area contributed by atoms with Crippen LogP contribution in [0.5, 0.6) is 0 Å². The van der Waals surface area contributed by atoms with Crippen LogP contribution in [0.15, 0.2) is 23.1 Å². The average Bonchev–Trinajstić information content (AvgIpc) is 2.47. The Morgan fingerprint density at radius 2 is 1.80 bits per heavy atom. The number of nitrogens with zero attached hydrogens (tertiary/aromatic N) is 2. The van der Waals surface area contributed by atoms with Gasteiger partial charge in [0, 0.05) is 25.2 Å². The van der Waals surface area contributed by atoms with Crippen molar-refractivity contribution < 1.29 is 26.8 Å². The van der Waals surface area contributed by atoms with Gasteiger partial charge in [-0.25, -0.2) is 17.2 Å². The fourth-order valence-electron chi connectivity index (χ4n) is 2.43. The zero-order chi connectivity index (χ0) is 18.8. The van der Waals surface area contributed by atoms with Gasteiger partial charge in [0.05, 0.1) is 18.0 Å². The molecule has 1 aliphatic rings. The molecule has 0 bridgehead atoms. The van der Waals surface area contributed by atoms with Gasteiger partial charge in [0.15, 0.2) is 0 Å². The number of carbonyl (C=O) groups excluding carboxylic acids is 2. The highest BCUT2D eigenvalue weighted by Gasteiger charge is 2.34. The third-order valence-electron chi connectivity index (χ3n) is 3.54. The third-order valence-corrected chi connectivity index (χ3v) is 5.36. The molecule has 1 N–H and O–H groups in total. The first-order valence-electron chi connectivity index (χ1n) is 7.63. The lowest BCUT2D eigenvalue weighted by Gasteiger charge is -2.33. The first kappa shape index (κ1) is 19.3. The first-order valence-corrected chi connectivity index (χ1v) is 9.07.